The van der Waals surface area contributed by atoms with E-state index < -0.39 is 0 Å². The van der Waals surface area contributed by atoms with Crippen LogP contribution in [0.2, 0.25) is 0 Å². The van der Waals surface area contributed by atoms with Gasteiger partial charge in [-0.1, -0.05) is 0 Å². The molecular weight excluding hydrogens is 168 g/mol. The van der Waals surface area contributed by atoms with Crippen molar-refractivity contribution in [3.8, 4) is 0 Å². The Balaban J connectivity index is 2.70. The molecule has 0 saturated heterocycles. The second-order valence-corrected chi connectivity index (χ2v) is 3.80. The summed E-state index contributed by atoms with van der Waals surface area (Å²) in [6.07, 6.45) is 3.75. The van der Waals surface area contributed by atoms with E-state index in [1.54, 1.807) is 11.3 Å². The SMILES string of the molecule is CN(C)c1csc2ccncc12. The lowest BCUT2D eigenvalue weighted by Gasteiger charge is -2.09. The van der Waals surface area contributed by atoms with Crippen molar-refractivity contribution in [2.75, 3.05) is 19.0 Å². The van der Waals surface area contributed by atoms with Crippen molar-refractivity contribution in [1.82, 2.24) is 4.98 Å². The zero-order valence-corrected chi connectivity index (χ0v) is 7.93. The predicted molar refractivity (Wildman–Crippen MR) is 53.9 cm³/mol. The molecule has 0 spiro atoms. The van der Waals surface area contributed by atoms with E-state index in [9.17, 15) is 0 Å². The molecule has 0 atom stereocenters. The van der Waals surface area contributed by atoms with Crippen LogP contribution in [0, 0.1) is 0 Å². The first kappa shape index (κ1) is 7.55. The fraction of sp³-hybridized carbons (Fsp3) is 0.222. The quantitative estimate of drug-likeness (QED) is 0.666. The number of rotatable bonds is 1. The Morgan fingerprint density at radius 3 is 3.00 bits per heavy atom. The lowest BCUT2D eigenvalue weighted by atomic mass is 10.3. The Labute approximate surface area is 75.5 Å². The summed E-state index contributed by atoms with van der Waals surface area (Å²) in [5.41, 5.74) is 1.25. The van der Waals surface area contributed by atoms with E-state index in [1.165, 1.54) is 15.8 Å². The summed E-state index contributed by atoms with van der Waals surface area (Å²) in [4.78, 5) is 6.22. The van der Waals surface area contributed by atoms with Gasteiger partial charge in [-0.15, -0.1) is 11.3 Å². The summed E-state index contributed by atoms with van der Waals surface area (Å²) >= 11 is 1.76. The zero-order chi connectivity index (χ0) is 8.55. The Morgan fingerprint density at radius 1 is 1.42 bits per heavy atom. The van der Waals surface area contributed by atoms with Gasteiger partial charge in [0.1, 0.15) is 0 Å². The van der Waals surface area contributed by atoms with Crippen molar-refractivity contribution in [3.05, 3.63) is 23.8 Å². The van der Waals surface area contributed by atoms with Gasteiger partial charge in [-0.2, -0.15) is 0 Å². The number of hydrogen-bond donors (Lipinski definition) is 0. The normalized spacial score (nSPS) is 10.5. The molecule has 0 fully saturated rings. The third-order valence-electron chi connectivity index (χ3n) is 1.84. The third-order valence-corrected chi connectivity index (χ3v) is 2.79. The first-order valence-electron chi connectivity index (χ1n) is 3.77. The van der Waals surface area contributed by atoms with Gasteiger partial charge >= 0.3 is 0 Å². The summed E-state index contributed by atoms with van der Waals surface area (Å²) < 4.78 is 1.30. The fourth-order valence-corrected chi connectivity index (χ4v) is 2.21. The minimum atomic E-state index is 1.24. The summed E-state index contributed by atoms with van der Waals surface area (Å²) in [6.45, 7) is 0. The number of aromatic nitrogens is 1. The van der Waals surface area contributed by atoms with Crippen LogP contribution in [-0.4, -0.2) is 19.1 Å². The summed E-state index contributed by atoms with van der Waals surface area (Å²) in [5.74, 6) is 0. The van der Waals surface area contributed by atoms with Crippen LogP contribution in [0.5, 0.6) is 0 Å². The summed E-state index contributed by atoms with van der Waals surface area (Å²) in [6, 6.07) is 2.05. The van der Waals surface area contributed by atoms with Crippen molar-refractivity contribution in [2.45, 2.75) is 0 Å². The van der Waals surface area contributed by atoms with E-state index in [1.807, 2.05) is 18.5 Å². The van der Waals surface area contributed by atoms with E-state index in [4.69, 9.17) is 0 Å². The average molecular weight is 178 g/mol. The lowest BCUT2D eigenvalue weighted by Crippen LogP contribution is -2.07. The van der Waals surface area contributed by atoms with Gasteiger partial charge in [-0.05, 0) is 6.07 Å². The maximum atomic E-state index is 4.11. The van der Waals surface area contributed by atoms with Crippen molar-refractivity contribution in [2.24, 2.45) is 0 Å². The maximum Gasteiger partial charge on any atom is 0.0565 e. The minimum absolute atomic E-state index is 1.24. The van der Waals surface area contributed by atoms with Gasteiger partial charge < -0.3 is 4.90 Å². The molecule has 2 aromatic rings. The van der Waals surface area contributed by atoms with E-state index in [0.717, 1.165) is 0 Å². The van der Waals surface area contributed by atoms with Crippen LogP contribution >= 0.6 is 11.3 Å². The number of nitrogens with zero attached hydrogens (tertiary/aromatic N) is 2. The van der Waals surface area contributed by atoms with E-state index in [0.29, 0.717) is 0 Å². The second-order valence-electron chi connectivity index (χ2n) is 2.89. The zero-order valence-electron chi connectivity index (χ0n) is 7.11. The molecule has 2 heterocycles. The van der Waals surface area contributed by atoms with Gasteiger partial charge in [0.2, 0.25) is 0 Å². The van der Waals surface area contributed by atoms with Gasteiger partial charge in [-0.3, -0.25) is 4.98 Å². The second kappa shape index (κ2) is 2.75. The van der Waals surface area contributed by atoms with Crippen LogP contribution in [0.1, 0.15) is 0 Å². The predicted octanol–water partition coefficient (Wildman–Crippen LogP) is 2.36. The van der Waals surface area contributed by atoms with Gasteiger partial charge in [0, 0.05) is 42.0 Å². The summed E-state index contributed by atoms with van der Waals surface area (Å²) in [5, 5.41) is 3.40. The van der Waals surface area contributed by atoms with Gasteiger partial charge in [0.05, 0.1) is 5.69 Å². The van der Waals surface area contributed by atoms with Crippen molar-refractivity contribution < 1.29 is 0 Å². The molecule has 2 nitrogen and oxygen atoms in total. The van der Waals surface area contributed by atoms with E-state index in [2.05, 4.69) is 29.4 Å². The molecule has 0 aromatic carbocycles. The molecule has 0 aliphatic rings. The first-order chi connectivity index (χ1) is 5.79. The Bertz CT molecular complexity index is 392. The van der Waals surface area contributed by atoms with Gasteiger partial charge in [0.25, 0.3) is 0 Å². The smallest absolute Gasteiger partial charge is 0.0565 e. The van der Waals surface area contributed by atoms with Crippen molar-refractivity contribution in [1.29, 1.82) is 0 Å². The Kier molecular flexibility index (Phi) is 1.73. The standard InChI is InChI=1S/C9H10N2S/c1-11(2)8-6-12-9-3-4-10-5-7(8)9/h3-6H,1-2H3. The van der Waals surface area contributed by atoms with Crippen molar-refractivity contribution in [3.63, 3.8) is 0 Å². The molecule has 0 N–H and O–H groups in total. The molecule has 0 unspecified atom stereocenters. The van der Waals surface area contributed by atoms with Crippen LogP contribution in [-0.2, 0) is 0 Å². The molecule has 2 aromatic heterocycles. The lowest BCUT2D eigenvalue weighted by molar-refractivity contribution is 1.15. The van der Waals surface area contributed by atoms with Gasteiger partial charge in [0.15, 0.2) is 0 Å². The number of thiophene rings is 1. The van der Waals surface area contributed by atoms with E-state index in [-0.39, 0.29) is 0 Å². The van der Waals surface area contributed by atoms with Crippen LogP contribution < -0.4 is 4.90 Å². The number of hydrogen-bond acceptors (Lipinski definition) is 3. The topological polar surface area (TPSA) is 16.1 Å². The van der Waals surface area contributed by atoms with Crippen molar-refractivity contribution >= 4 is 27.1 Å². The highest BCUT2D eigenvalue weighted by molar-refractivity contribution is 7.17. The summed E-state index contributed by atoms with van der Waals surface area (Å²) in [7, 11) is 4.10. The molecular formula is C9H10N2S. The highest BCUT2D eigenvalue weighted by atomic mass is 32.1. The monoisotopic (exact) mass is 178 g/mol. The molecule has 0 aliphatic heterocycles. The fourth-order valence-electron chi connectivity index (χ4n) is 1.21. The maximum absolute atomic E-state index is 4.11. The van der Waals surface area contributed by atoms with Crippen LogP contribution in [0.3, 0.4) is 0 Å². The Hall–Kier alpha value is -1.09. The first-order valence-corrected chi connectivity index (χ1v) is 4.65. The average Bonchev–Trinajstić information content (AvgIpc) is 2.47. The number of fused-ring (bicyclic) bond motifs is 1. The Morgan fingerprint density at radius 2 is 2.25 bits per heavy atom. The molecule has 0 bridgehead atoms. The molecule has 0 amide bonds. The van der Waals surface area contributed by atoms with Gasteiger partial charge in [-0.25, -0.2) is 0 Å². The van der Waals surface area contributed by atoms with E-state index >= 15 is 0 Å². The largest absolute Gasteiger partial charge is 0.376 e. The molecule has 0 radical (unpaired) electrons. The van der Waals surface area contributed by atoms with Crippen LogP contribution in [0.4, 0.5) is 5.69 Å². The number of anilines is 1. The molecule has 12 heavy (non-hydrogen) atoms. The molecule has 2 rings (SSSR count). The number of pyridine rings is 1. The molecule has 0 aliphatic carbocycles. The molecule has 3 heteroatoms. The third kappa shape index (κ3) is 1.06. The highest BCUT2D eigenvalue weighted by Gasteiger charge is 2.03. The highest BCUT2D eigenvalue weighted by Crippen LogP contribution is 2.30. The molecule has 62 valence electrons. The minimum Gasteiger partial charge on any atom is -0.376 e. The van der Waals surface area contributed by atoms with Crippen LogP contribution in [0.25, 0.3) is 10.1 Å². The van der Waals surface area contributed by atoms with Crippen LogP contribution in [0.15, 0.2) is 23.8 Å². The molecule has 0 saturated carbocycles.